The molecule has 0 unspecified atom stereocenters. The molecule has 0 fully saturated rings. The van der Waals surface area contributed by atoms with Gasteiger partial charge in [-0.15, -0.1) is 0 Å². The molecule has 0 aliphatic carbocycles. The molecule has 5 nitrogen and oxygen atoms in total. The summed E-state index contributed by atoms with van der Waals surface area (Å²) in [6.45, 7) is 4.10. The zero-order chi connectivity index (χ0) is 11.0. The summed E-state index contributed by atoms with van der Waals surface area (Å²) in [5, 5.41) is 2.78. The largest absolute Gasteiger partial charge is 0.469 e. The van der Waals surface area contributed by atoms with E-state index in [2.05, 4.69) is 10.1 Å². The van der Waals surface area contributed by atoms with Crippen LogP contribution >= 0.6 is 0 Å². The molecule has 0 bridgehead atoms. The zero-order valence-corrected chi connectivity index (χ0v) is 8.83. The number of hydrogen-bond donors (Lipinski definition) is 1. The van der Waals surface area contributed by atoms with E-state index >= 15 is 0 Å². The lowest BCUT2D eigenvalue weighted by atomic mass is 10.4. The highest BCUT2D eigenvalue weighted by atomic mass is 16.5. The fraction of sp³-hybridized carbons (Fsp3) is 0.778. The summed E-state index contributed by atoms with van der Waals surface area (Å²) >= 11 is 0. The smallest absolute Gasteiger partial charge is 0.320 e. The molecule has 0 aromatic rings. The van der Waals surface area contributed by atoms with Gasteiger partial charge in [-0.1, -0.05) is 0 Å². The summed E-state index contributed by atoms with van der Waals surface area (Å²) in [6.07, 6.45) is 0.149. The average Bonchev–Trinajstić information content (AvgIpc) is 2.10. The number of nitrogens with one attached hydrogen (secondary N) is 1. The van der Waals surface area contributed by atoms with Gasteiger partial charge in [0.05, 0.1) is 26.2 Å². The van der Waals surface area contributed by atoms with Gasteiger partial charge in [-0.05, 0) is 13.8 Å². The van der Waals surface area contributed by atoms with Gasteiger partial charge in [0.25, 0.3) is 0 Å². The normalized spacial score (nSPS) is 10.0. The molecule has 0 rings (SSSR count). The summed E-state index contributed by atoms with van der Waals surface area (Å²) in [5.41, 5.74) is 0. The molecule has 0 heterocycles. The van der Waals surface area contributed by atoms with Crippen LogP contribution in [0.1, 0.15) is 20.3 Å². The van der Waals surface area contributed by atoms with Crippen LogP contribution in [0.2, 0.25) is 0 Å². The average molecular weight is 203 g/mol. The van der Waals surface area contributed by atoms with E-state index in [4.69, 9.17) is 4.74 Å². The lowest BCUT2D eigenvalue weighted by molar-refractivity contribution is -0.146. The Hall–Kier alpha value is -1.10. The molecule has 0 aliphatic rings. The number of carbonyl (C=O) groups excluding carboxylic acids is 2. The van der Waals surface area contributed by atoms with Crippen molar-refractivity contribution in [2.45, 2.75) is 26.4 Å². The predicted octanol–water partition coefficient (Wildman–Crippen LogP) is 0.0907. The van der Waals surface area contributed by atoms with Gasteiger partial charge in [0.15, 0.2) is 0 Å². The minimum Gasteiger partial charge on any atom is -0.469 e. The van der Waals surface area contributed by atoms with Crippen LogP contribution in [0.25, 0.3) is 0 Å². The van der Waals surface area contributed by atoms with E-state index in [0.717, 1.165) is 0 Å². The Morgan fingerprint density at radius 3 is 2.43 bits per heavy atom. The SMILES string of the molecule is COC(=O)CCNCC(=O)OC(C)C. The second kappa shape index (κ2) is 7.32. The van der Waals surface area contributed by atoms with Gasteiger partial charge in [0.2, 0.25) is 0 Å². The molecule has 0 spiro atoms. The van der Waals surface area contributed by atoms with Crippen LogP contribution in [-0.4, -0.2) is 38.2 Å². The van der Waals surface area contributed by atoms with E-state index < -0.39 is 0 Å². The van der Waals surface area contributed by atoms with E-state index in [1.54, 1.807) is 13.8 Å². The number of hydrogen-bond acceptors (Lipinski definition) is 5. The maximum absolute atomic E-state index is 11.0. The number of rotatable bonds is 6. The minimum atomic E-state index is -0.315. The highest BCUT2D eigenvalue weighted by molar-refractivity contribution is 5.72. The van der Waals surface area contributed by atoms with Gasteiger partial charge in [0.1, 0.15) is 0 Å². The lowest BCUT2D eigenvalue weighted by Crippen LogP contribution is -2.28. The Bertz CT molecular complexity index is 191. The van der Waals surface area contributed by atoms with Crippen molar-refractivity contribution in [3.63, 3.8) is 0 Å². The Morgan fingerprint density at radius 2 is 1.93 bits per heavy atom. The number of esters is 2. The molecule has 82 valence electrons. The molecular formula is C9H17NO4. The molecule has 0 saturated heterocycles. The van der Waals surface area contributed by atoms with E-state index in [1.807, 2.05) is 0 Å². The quantitative estimate of drug-likeness (QED) is 0.489. The molecule has 0 saturated carbocycles. The van der Waals surface area contributed by atoms with Crippen LogP contribution in [0, 0.1) is 0 Å². The van der Waals surface area contributed by atoms with Crippen LogP contribution in [0.4, 0.5) is 0 Å². The van der Waals surface area contributed by atoms with Crippen LogP contribution in [-0.2, 0) is 19.1 Å². The lowest BCUT2D eigenvalue weighted by Gasteiger charge is -2.08. The van der Waals surface area contributed by atoms with E-state index in [1.165, 1.54) is 7.11 Å². The number of carbonyl (C=O) groups is 2. The summed E-state index contributed by atoms with van der Waals surface area (Å²) in [6, 6.07) is 0. The van der Waals surface area contributed by atoms with Crippen molar-refractivity contribution in [2.24, 2.45) is 0 Å². The molecule has 0 aromatic carbocycles. The molecule has 0 aliphatic heterocycles. The van der Waals surface area contributed by atoms with Crippen molar-refractivity contribution in [3.8, 4) is 0 Å². The van der Waals surface area contributed by atoms with Crippen LogP contribution in [0.15, 0.2) is 0 Å². The molecule has 0 atom stereocenters. The third kappa shape index (κ3) is 7.54. The van der Waals surface area contributed by atoms with Crippen molar-refractivity contribution in [2.75, 3.05) is 20.2 Å². The zero-order valence-electron chi connectivity index (χ0n) is 8.83. The third-order valence-electron chi connectivity index (χ3n) is 1.37. The van der Waals surface area contributed by atoms with Crippen molar-refractivity contribution in [1.82, 2.24) is 5.32 Å². The Morgan fingerprint density at radius 1 is 1.29 bits per heavy atom. The first-order valence-corrected chi connectivity index (χ1v) is 4.53. The van der Waals surface area contributed by atoms with Crippen LogP contribution in [0.5, 0.6) is 0 Å². The van der Waals surface area contributed by atoms with Crippen LogP contribution < -0.4 is 5.32 Å². The summed E-state index contributed by atoms with van der Waals surface area (Å²) in [4.78, 5) is 21.6. The highest BCUT2D eigenvalue weighted by Gasteiger charge is 2.05. The maximum Gasteiger partial charge on any atom is 0.320 e. The van der Waals surface area contributed by atoms with Gasteiger partial charge >= 0.3 is 11.9 Å². The molecule has 0 aromatic heterocycles. The Labute approximate surface area is 83.8 Å². The van der Waals surface area contributed by atoms with Crippen molar-refractivity contribution in [1.29, 1.82) is 0 Å². The fourth-order valence-corrected chi connectivity index (χ4v) is 0.788. The molecular weight excluding hydrogens is 186 g/mol. The maximum atomic E-state index is 11.0. The van der Waals surface area contributed by atoms with Crippen LogP contribution in [0.3, 0.4) is 0 Å². The van der Waals surface area contributed by atoms with Crippen molar-refractivity contribution in [3.05, 3.63) is 0 Å². The van der Waals surface area contributed by atoms with E-state index in [0.29, 0.717) is 6.54 Å². The Balaban J connectivity index is 3.36. The standard InChI is InChI=1S/C9H17NO4/c1-7(2)14-9(12)6-10-5-4-8(11)13-3/h7,10H,4-6H2,1-3H3. The summed E-state index contributed by atoms with van der Waals surface area (Å²) < 4.78 is 9.29. The minimum absolute atomic E-state index is 0.107. The van der Waals surface area contributed by atoms with E-state index in [9.17, 15) is 9.59 Å². The summed E-state index contributed by atoms with van der Waals surface area (Å²) in [7, 11) is 1.33. The van der Waals surface area contributed by atoms with Gasteiger partial charge < -0.3 is 14.8 Å². The monoisotopic (exact) mass is 203 g/mol. The number of methoxy groups -OCH3 is 1. The number of ether oxygens (including phenoxy) is 2. The molecule has 5 heteroatoms. The third-order valence-corrected chi connectivity index (χ3v) is 1.37. The van der Waals surface area contributed by atoms with Crippen molar-refractivity contribution < 1.29 is 19.1 Å². The van der Waals surface area contributed by atoms with Gasteiger partial charge in [-0.3, -0.25) is 9.59 Å². The van der Waals surface area contributed by atoms with Gasteiger partial charge in [-0.25, -0.2) is 0 Å². The predicted molar refractivity (Wildman–Crippen MR) is 50.7 cm³/mol. The Kier molecular flexibility index (Phi) is 6.74. The molecule has 0 amide bonds. The fourth-order valence-electron chi connectivity index (χ4n) is 0.788. The first kappa shape index (κ1) is 12.9. The highest BCUT2D eigenvalue weighted by Crippen LogP contribution is 1.88. The topological polar surface area (TPSA) is 64.6 Å². The van der Waals surface area contributed by atoms with Gasteiger partial charge in [0, 0.05) is 6.54 Å². The molecule has 1 N–H and O–H groups in total. The molecule has 0 radical (unpaired) electrons. The van der Waals surface area contributed by atoms with Crippen molar-refractivity contribution >= 4 is 11.9 Å². The summed E-state index contributed by atoms with van der Waals surface area (Å²) in [5.74, 6) is -0.611. The van der Waals surface area contributed by atoms with E-state index in [-0.39, 0.29) is 31.0 Å². The second-order valence-corrected chi connectivity index (χ2v) is 3.04. The first-order chi connectivity index (χ1) is 6.56. The van der Waals surface area contributed by atoms with Gasteiger partial charge in [-0.2, -0.15) is 0 Å². The first-order valence-electron chi connectivity index (χ1n) is 4.53. The second-order valence-electron chi connectivity index (χ2n) is 3.04. The molecule has 14 heavy (non-hydrogen) atoms.